The lowest BCUT2D eigenvalue weighted by atomic mass is 10.2. The van der Waals surface area contributed by atoms with Gasteiger partial charge in [0.2, 0.25) is 0 Å². The summed E-state index contributed by atoms with van der Waals surface area (Å²) in [5, 5.41) is 3.47. The van der Waals surface area contributed by atoms with Crippen LogP contribution in [-0.4, -0.2) is 25.7 Å². The second kappa shape index (κ2) is 8.09. The number of para-hydroxylation sites is 1. The number of nitrogens with one attached hydrogen (secondary N) is 1. The van der Waals surface area contributed by atoms with Crippen LogP contribution >= 0.6 is 0 Å². The molecule has 0 aliphatic carbocycles. The van der Waals surface area contributed by atoms with Gasteiger partial charge in [0, 0.05) is 25.7 Å². The van der Waals surface area contributed by atoms with Crippen LogP contribution in [0.5, 0.6) is 0 Å². The van der Waals surface area contributed by atoms with Gasteiger partial charge in [0.25, 0.3) is 0 Å². The first-order valence-corrected chi connectivity index (χ1v) is 6.91. The second-order valence-electron chi connectivity index (χ2n) is 4.67. The van der Waals surface area contributed by atoms with Crippen LogP contribution < -0.4 is 10.2 Å². The van der Waals surface area contributed by atoms with Crippen molar-refractivity contribution < 1.29 is 4.39 Å². The Balaban J connectivity index is 2.46. The predicted molar refractivity (Wildman–Crippen MR) is 76.7 cm³/mol. The molecule has 0 fully saturated rings. The molecule has 0 saturated carbocycles. The zero-order valence-corrected chi connectivity index (χ0v) is 11.7. The molecule has 0 saturated heterocycles. The van der Waals surface area contributed by atoms with Gasteiger partial charge < -0.3 is 10.2 Å². The minimum atomic E-state index is -0.138. The van der Waals surface area contributed by atoms with Crippen molar-refractivity contribution >= 4 is 5.69 Å². The zero-order chi connectivity index (χ0) is 13.4. The monoisotopic (exact) mass is 252 g/mol. The highest BCUT2D eigenvalue weighted by atomic mass is 19.1. The van der Waals surface area contributed by atoms with Gasteiger partial charge in [-0.25, -0.2) is 4.39 Å². The van der Waals surface area contributed by atoms with E-state index in [-0.39, 0.29) is 5.82 Å². The lowest BCUT2D eigenvalue weighted by Gasteiger charge is -2.24. The third-order valence-electron chi connectivity index (χ3n) is 3.17. The van der Waals surface area contributed by atoms with Crippen LogP contribution in [-0.2, 0) is 0 Å². The Hall–Kier alpha value is -1.09. The molecular weight excluding hydrogens is 227 g/mol. The van der Waals surface area contributed by atoms with Gasteiger partial charge in [-0.1, -0.05) is 25.5 Å². The zero-order valence-electron chi connectivity index (χ0n) is 11.7. The topological polar surface area (TPSA) is 15.3 Å². The maximum absolute atomic E-state index is 13.7. The van der Waals surface area contributed by atoms with E-state index in [0.29, 0.717) is 11.7 Å². The summed E-state index contributed by atoms with van der Waals surface area (Å²) >= 11 is 0. The van der Waals surface area contributed by atoms with E-state index < -0.39 is 0 Å². The van der Waals surface area contributed by atoms with E-state index >= 15 is 0 Å². The summed E-state index contributed by atoms with van der Waals surface area (Å²) in [6.07, 6.45) is 2.38. The summed E-state index contributed by atoms with van der Waals surface area (Å²) in [6, 6.07) is 7.51. The van der Waals surface area contributed by atoms with Crippen LogP contribution in [0.25, 0.3) is 0 Å². The maximum atomic E-state index is 13.7. The minimum Gasteiger partial charge on any atom is -0.368 e. The van der Waals surface area contributed by atoms with E-state index in [1.807, 2.05) is 12.1 Å². The summed E-state index contributed by atoms with van der Waals surface area (Å²) in [5.74, 6) is -0.138. The lowest BCUT2D eigenvalue weighted by Crippen LogP contribution is -2.36. The fourth-order valence-corrected chi connectivity index (χ4v) is 2.14. The van der Waals surface area contributed by atoms with Crippen molar-refractivity contribution in [1.82, 2.24) is 5.32 Å². The maximum Gasteiger partial charge on any atom is 0.146 e. The number of hydrogen-bond donors (Lipinski definition) is 1. The van der Waals surface area contributed by atoms with Crippen molar-refractivity contribution in [2.45, 2.75) is 39.7 Å². The Labute approximate surface area is 110 Å². The van der Waals surface area contributed by atoms with Gasteiger partial charge in [-0.2, -0.15) is 0 Å². The first-order valence-electron chi connectivity index (χ1n) is 6.91. The Bertz CT molecular complexity index is 341. The average Bonchev–Trinajstić information content (AvgIpc) is 2.36. The molecule has 1 aromatic rings. The fraction of sp³-hybridized carbons (Fsp3) is 0.600. The highest BCUT2D eigenvalue weighted by molar-refractivity contribution is 5.47. The van der Waals surface area contributed by atoms with Crippen molar-refractivity contribution in [2.24, 2.45) is 0 Å². The van der Waals surface area contributed by atoms with Crippen LogP contribution in [0.2, 0.25) is 0 Å². The van der Waals surface area contributed by atoms with E-state index in [9.17, 15) is 4.39 Å². The smallest absolute Gasteiger partial charge is 0.146 e. The Morgan fingerprint density at radius 3 is 2.61 bits per heavy atom. The van der Waals surface area contributed by atoms with E-state index in [4.69, 9.17) is 0 Å². The number of anilines is 1. The molecule has 1 atom stereocenters. The van der Waals surface area contributed by atoms with Crippen LogP contribution in [0.4, 0.5) is 10.1 Å². The Kier molecular flexibility index (Phi) is 6.73. The summed E-state index contributed by atoms with van der Waals surface area (Å²) in [7, 11) is 0. The Morgan fingerprint density at radius 2 is 2.00 bits per heavy atom. The predicted octanol–water partition coefficient (Wildman–Crippen LogP) is 3.43. The molecule has 0 bridgehead atoms. The normalized spacial score (nSPS) is 12.4. The molecule has 0 radical (unpaired) electrons. The molecule has 0 heterocycles. The molecule has 102 valence electrons. The molecular formula is C15H25FN2. The molecule has 0 aliphatic heterocycles. The molecule has 0 spiro atoms. The Morgan fingerprint density at radius 1 is 1.28 bits per heavy atom. The van der Waals surface area contributed by atoms with Crippen molar-refractivity contribution in [1.29, 1.82) is 0 Å². The summed E-state index contributed by atoms with van der Waals surface area (Å²) in [5.41, 5.74) is 0.699. The van der Waals surface area contributed by atoms with E-state index in [2.05, 4.69) is 31.0 Å². The standard InChI is InChI=1S/C15H25FN2/c1-4-8-13(3)17-11-12-18(5-2)15-10-7-6-9-14(15)16/h6-7,9-10,13,17H,4-5,8,11-12H2,1-3H3. The van der Waals surface area contributed by atoms with Gasteiger partial charge >= 0.3 is 0 Å². The van der Waals surface area contributed by atoms with Gasteiger partial charge in [0.1, 0.15) is 5.82 Å². The molecule has 1 unspecified atom stereocenters. The number of hydrogen-bond acceptors (Lipinski definition) is 2. The molecule has 1 N–H and O–H groups in total. The molecule has 0 amide bonds. The van der Waals surface area contributed by atoms with Crippen molar-refractivity contribution in [3.63, 3.8) is 0 Å². The van der Waals surface area contributed by atoms with Gasteiger partial charge in [0.15, 0.2) is 0 Å². The highest BCUT2D eigenvalue weighted by Gasteiger charge is 2.09. The molecule has 18 heavy (non-hydrogen) atoms. The van der Waals surface area contributed by atoms with Crippen LogP contribution in [0.1, 0.15) is 33.6 Å². The van der Waals surface area contributed by atoms with E-state index in [0.717, 1.165) is 19.6 Å². The molecule has 1 aromatic carbocycles. The quantitative estimate of drug-likeness (QED) is 0.762. The van der Waals surface area contributed by atoms with Gasteiger partial charge in [-0.05, 0) is 32.4 Å². The van der Waals surface area contributed by atoms with Crippen LogP contribution in [0.15, 0.2) is 24.3 Å². The van der Waals surface area contributed by atoms with Crippen molar-refractivity contribution in [3.05, 3.63) is 30.1 Å². The third-order valence-corrected chi connectivity index (χ3v) is 3.17. The number of likely N-dealkylation sites (N-methyl/N-ethyl adjacent to an activating group) is 1. The van der Waals surface area contributed by atoms with Gasteiger partial charge in [-0.3, -0.25) is 0 Å². The van der Waals surface area contributed by atoms with Crippen molar-refractivity contribution in [2.75, 3.05) is 24.5 Å². The molecule has 2 nitrogen and oxygen atoms in total. The van der Waals surface area contributed by atoms with Crippen molar-refractivity contribution in [3.8, 4) is 0 Å². The SMILES string of the molecule is CCCC(C)NCCN(CC)c1ccccc1F. The van der Waals surface area contributed by atoms with E-state index in [1.165, 1.54) is 18.9 Å². The minimum absolute atomic E-state index is 0.138. The second-order valence-corrected chi connectivity index (χ2v) is 4.67. The first kappa shape index (κ1) is 15.0. The summed E-state index contributed by atoms with van der Waals surface area (Å²) < 4.78 is 13.7. The number of rotatable bonds is 8. The molecule has 1 rings (SSSR count). The third kappa shape index (κ3) is 4.65. The summed E-state index contributed by atoms with van der Waals surface area (Å²) in [6.45, 7) is 9.00. The number of halogens is 1. The van der Waals surface area contributed by atoms with Gasteiger partial charge in [0.05, 0.1) is 5.69 Å². The first-order chi connectivity index (χ1) is 8.69. The highest BCUT2D eigenvalue weighted by Crippen LogP contribution is 2.17. The number of nitrogens with zero attached hydrogens (tertiary/aromatic N) is 1. The lowest BCUT2D eigenvalue weighted by molar-refractivity contribution is 0.508. The van der Waals surface area contributed by atoms with Crippen LogP contribution in [0.3, 0.4) is 0 Å². The fourth-order valence-electron chi connectivity index (χ4n) is 2.14. The molecule has 0 aliphatic rings. The average molecular weight is 252 g/mol. The molecule has 0 aromatic heterocycles. The summed E-state index contributed by atoms with van der Waals surface area (Å²) in [4.78, 5) is 2.07. The largest absolute Gasteiger partial charge is 0.368 e. The van der Waals surface area contributed by atoms with E-state index in [1.54, 1.807) is 6.07 Å². The molecule has 3 heteroatoms. The number of benzene rings is 1. The van der Waals surface area contributed by atoms with Gasteiger partial charge in [-0.15, -0.1) is 0 Å². The van der Waals surface area contributed by atoms with Crippen LogP contribution in [0, 0.1) is 5.82 Å².